The smallest absolute Gasteiger partial charge is 0.420 e. The molecule has 4 amide bonds. The van der Waals surface area contributed by atoms with Crippen LogP contribution in [0.3, 0.4) is 0 Å². The van der Waals surface area contributed by atoms with Gasteiger partial charge in [-0.05, 0) is 67.7 Å². The lowest BCUT2D eigenvalue weighted by atomic mass is 9.85. The fraction of sp³-hybridized carbons (Fsp3) is 0.447. The zero-order valence-electron chi connectivity index (χ0n) is 39.0. The highest BCUT2D eigenvalue weighted by molar-refractivity contribution is 7.81. The number of nitriles is 1. The first-order valence-corrected chi connectivity index (χ1v) is 23.6. The van der Waals surface area contributed by atoms with Crippen LogP contribution in [0.5, 0.6) is 5.88 Å². The molecule has 2 aliphatic rings. The van der Waals surface area contributed by atoms with Crippen molar-refractivity contribution in [1.82, 2.24) is 25.5 Å². The van der Waals surface area contributed by atoms with Crippen molar-refractivity contribution in [2.45, 2.75) is 90.8 Å². The second-order valence-electron chi connectivity index (χ2n) is 18.0. The molecule has 0 unspecified atom stereocenters. The van der Waals surface area contributed by atoms with E-state index in [0.29, 0.717) is 11.3 Å². The van der Waals surface area contributed by atoms with Crippen LogP contribution in [0.1, 0.15) is 69.8 Å². The molecule has 23 heteroatoms. The summed E-state index contributed by atoms with van der Waals surface area (Å²) in [4.78, 5) is 66.7. The van der Waals surface area contributed by atoms with Crippen LogP contribution in [-0.2, 0) is 41.4 Å². The number of nitrogens with one attached hydrogen (secondary N) is 2. The molecule has 0 saturated carbocycles. The Bertz CT molecular complexity index is 2660. The zero-order chi connectivity index (χ0) is 51.3. The molecule has 2 aliphatic heterocycles. The number of hydrogen-bond acceptors (Lipinski definition) is 13. The number of anilines is 2. The molecule has 70 heavy (non-hydrogen) atoms. The van der Waals surface area contributed by atoms with Crippen LogP contribution in [0.2, 0.25) is 5.02 Å². The van der Waals surface area contributed by atoms with E-state index in [1.54, 1.807) is 37.6 Å². The zero-order valence-corrected chi connectivity index (χ0v) is 41.4. The minimum absolute atomic E-state index is 0.00784. The van der Waals surface area contributed by atoms with Crippen molar-refractivity contribution < 1.29 is 56.1 Å². The van der Waals surface area contributed by atoms with Crippen LogP contribution in [0.15, 0.2) is 54.2 Å². The molecule has 16 nitrogen and oxygen atoms in total. The molecule has 4 aromatic rings. The molecule has 2 saturated heterocycles. The molecule has 374 valence electrons. The van der Waals surface area contributed by atoms with E-state index in [1.165, 1.54) is 42.0 Å². The highest BCUT2D eigenvalue weighted by atomic mass is 35.5. The topological polar surface area (TPSA) is 200 Å². The number of carbonyl (C=O) groups excluding carboxylic acids is 4. The van der Waals surface area contributed by atoms with Crippen molar-refractivity contribution in [3.8, 4) is 22.4 Å². The van der Waals surface area contributed by atoms with Gasteiger partial charge in [0.15, 0.2) is 10.9 Å². The second-order valence-corrected chi connectivity index (χ2v) is 19.7. The number of halogens is 5. The average Bonchev–Trinajstić information content (AvgIpc) is 3.96. The van der Waals surface area contributed by atoms with Crippen molar-refractivity contribution in [3.63, 3.8) is 0 Å². The molecule has 3 atom stereocenters. The molecular formula is C47H51ClF4N8O8S2. The largest absolute Gasteiger partial charge is 0.477 e. The van der Waals surface area contributed by atoms with Gasteiger partial charge in [0.25, 0.3) is 5.91 Å². The van der Waals surface area contributed by atoms with E-state index in [0.717, 1.165) is 33.8 Å². The Kier molecular flexibility index (Phi) is 16.9. The number of ether oxygens (including phenoxy) is 3. The van der Waals surface area contributed by atoms with Crippen LogP contribution in [0.25, 0.3) is 10.4 Å². The monoisotopic (exact) mass is 1030 g/mol. The highest BCUT2D eigenvalue weighted by Gasteiger charge is 2.52. The summed E-state index contributed by atoms with van der Waals surface area (Å²) in [5.74, 6) is -4.13. The fourth-order valence-electron chi connectivity index (χ4n) is 7.89. The first-order valence-electron chi connectivity index (χ1n) is 21.9. The summed E-state index contributed by atoms with van der Waals surface area (Å²) in [6.45, 7) is 10.4. The Labute approximate surface area is 415 Å². The minimum Gasteiger partial charge on any atom is -0.477 e. The lowest BCUT2D eigenvalue weighted by molar-refractivity contribution is -0.144. The summed E-state index contributed by atoms with van der Waals surface area (Å²) >= 11 is 13.5. The van der Waals surface area contributed by atoms with Gasteiger partial charge in [0, 0.05) is 32.5 Å². The van der Waals surface area contributed by atoms with Gasteiger partial charge in [0.1, 0.15) is 34.8 Å². The fourth-order valence-corrected chi connectivity index (χ4v) is 9.43. The molecule has 3 N–H and O–H groups in total. The summed E-state index contributed by atoms with van der Waals surface area (Å²) < 4.78 is 73.4. The van der Waals surface area contributed by atoms with Gasteiger partial charge in [-0.15, -0.1) is 11.3 Å². The number of aromatic nitrogens is 2. The first kappa shape index (κ1) is 53.5. The van der Waals surface area contributed by atoms with Crippen molar-refractivity contribution >= 4 is 75.3 Å². The molecule has 6 rings (SSSR count). The predicted octanol–water partition coefficient (Wildman–Crippen LogP) is 6.72. The number of alkyl halides is 3. The molecule has 4 heterocycles. The SMILES string of the molecule is Cc1ncsc1-c1ccc(CNC(=O)[C@@H]2C[C@@H](O)CN2C(=O)[C@@H](NC(=O)COCCOCCCOc2ncc(N3C(=S)N(c4ccc(C#N)c(C(F)(F)F)c4F)C(=O)C3(C)C)cc2Cl)C(C)(C)C)cc1. The maximum absolute atomic E-state index is 15.4. The van der Waals surface area contributed by atoms with Crippen molar-refractivity contribution in [3.05, 3.63) is 87.4 Å². The third-order valence-electron chi connectivity index (χ3n) is 11.5. The predicted molar refractivity (Wildman–Crippen MR) is 255 cm³/mol. The molecule has 2 aromatic heterocycles. The minimum atomic E-state index is -5.23. The number of nitrogens with zero attached hydrogens (tertiary/aromatic N) is 6. The molecule has 2 fully saturated rings. The van der Waals surface area contributed by atoms with Gasteiger partial charge in [0.2, 0.25) is 23.6 Å². The number of thiazole rings is 1. The Morgan fingerprint density at radius 3 is 2.40 bits per heavy atom. The van der Waals surface area contributed by atoms with E-state index >= 15 is 4.39 Å². The number of amides is 4. The number of thiocarbonyl (C=S) groups is 1. The van der Waals surface area contributed by atoms with Crippen molar-refractivity contribution in [2.75, 3.05) is 49.4 Å². The maximum Gasteiger partial charge on any atom is 0.420 e. The van der Waals surface area contributed by atoms with E-state index in [9.17, 15) is 37.5 Å². The molecular weight excluding hydrogens is 980 g/mol. The van der Waals surface area contributed by atoms with Gasteiger partial charge in [0.05, 0.1) is 71.2 Å². The van der Waals surface area contributed by atoms with Crippen LogP contribution in [0.4, 0.5) is 28.9 Å². The number of pyridine rings is 1. The van der Waals surface area contributed by atoms with Crippen LogP contribution in [0, 0.1) is 29.5 Å². The number of aliphatic hydroxyl groups excluding tert-OH is 1. The highest BCUT2D eigenvalue weighted by Crippen LogP contribution is 2.43. The average molecular weight is 1030 g/mol. The summed E-state index contributed by atoms with van der Waals surface area (Å²) in [5, 5.41) is 25.0. The van der Waals surface area contributed by atoms with Crippen molar-refractivity contribution in [2.24, 2.45) is 5.41 Å². The summed E-state index contributed by atoms with van der Waals surface area (Å²) in [5.41, 5.74) is -1.06. The second kappa shape index (κ2) is 22.1. The number of β-amino-alcohol motifs (C(OH)–C–C–N with tert-alkyl or cyclic N) is 1. The third-order valence-corrected chi connectivity index (χ3v) is 13.1. The van der Waals surface area contributed by atoms with E-state index in [1.807, 2.05) is 31.2 Å². The number of aliphatic hydroxyl groups is 1. The van der Waals surface area contributed by atoms with Gasteiger partial charge in [-0.25, -0.2) is 14.4 Å². The molecule has 0 aliphatic carbocycles. The number of rotatable bonds is 18. The lowest BCUT2D eigenvalue weighted by Gasteiger charge is -2.35. The van der Waals surface area contributed by atoms with Crippen molar-refractivity contribution in [1.29, 1.82) is 5.26 Å². The van der Waals surface area contributed by atoms with E-state index < -0.39 is 81.6 Å². The van der Waals surface area contributed by atoms with E-state index in [-0.39, 0.29) is 74.2 Å². The van der Waals surface area contributed by atoms with Crippen LogP contribution in [-0.4, -0.2) is 112 Å². The van der Waals surface area contributed by atoms with Gasteiger partial charge in [-0.1, -0.05) is 56.6 Å². The first-order chi connectivity index (χ1) is 32.9. The van der Waals surface area contributed by atoms with E-state index in [4.69, 9.17) is 43.3 Å². The number of hydrogen-bond donors (Lipinski definition) is 3. The van der Waals surface area contributed by atoms with Crippen LogP contribution < -0.4 is 25.2 Å². The normalized spacial score (nSPS) is 17.4. The van der Waals surface area contributed by atoms with Gasteiger partial charge >= 0.3 is 6.18 Å². The summed E-state index contributed by atoms with van der Waals surface area (Å²) in [6.07, 6.45) is -4.44. The van der Waals surface area contributed by atoms with Gasteiger partial charge in [-0.3, -0.25) is 24.1 Å². The number of aryl methyl sites for hydroxylation is 1. The maximum atomic E-state index is 15.4. The standard InChI is InChI=1S/C47H51ClF4N8O8S2/c1-26-38(70-25-56-26)28-10-8-27(9-11-28)21-54-40(63)34-19-31(61)23-58(34)42(64)39(45(2,3)4)57-35(62)24-67-17-16-66-14-7-15-68-41-32(48)18-30(22-55-41)60-44(69)59(43(65)46(60,5)6)33-13-12-29(20-53)36(37(33)49)47(50,51)52/h8-13,18,22,25,31,34,39,61H,7,14-17,19,21,23-24H2,1-6H3,(H,54,63)(H,57,62)/t31-,34+,39-/m1/s1. The molecule has 0 bridgehead atoms. The molecule has 0 spiro atoms. The van der Waals surface area contributed by atoms with Gasteiger partial charge in [-0.2, -0.15) is 18.4 Å². The summed E-state index contributed by atoms with van der Waals surface area (Å²) in [7, 11) is 0. The Hall–Kier alpha value is -5.83. The van der Waals surface area contributed by atoms with Gasteiger partial charge < -0.3 is 39.8 Å². The Morgan fingerprint density at radius 1 is 1.07 bits per heavy atom. The van der Waals surface area contributed by atoms with Crippen LogP contribution >= 0.6 is 35.2 Å². The van der Waals surface area contributed by atoms with E-state index in [2.05, 4.69) is 20.6 Å². The Morgan fingerprint density at radius 2 is 1.77 bits per heavy atom. The molecule has 2 aromatic carbocycles. The summed E-state index contributed by atoms with van der Waals surface area (Å²) in [6, 6.07) is 10.1. The number of carbonyl (C=O) groups is 4. The lowest BCUT2D eigenvalue weighted by Crippen LogP contribution is -2.58. The molecule has 0 radical (unpaired) electrons. The Balaban J connectivity index is 0.923. The third kappa shape index (κ3) is 12.0. The number of benzene rings is 2. The quantitative estimate of drug-likeness (QED) is 0.0540. The number of likely N-dealkylation sites (tertiary alicyclic amines) is 1.